The number of unbranched alkanes of at least 4 members (excludes halogenated alkanes) is 2. The number of benzene rings is 2. The number of anilines is 1. The minimum Gasteiger partial charge on any atom is -0.394 e. The van der Waals surface area contributed by atoms with Crippen LogP contribution in [0.5, 0.6) is 0 Å². The van der Waals surface area contributed by atoms with Crippen molar-refractivity contribution in [3.05, 3.63) is 90.5 Å². The van der Waals surface area contributed by atoms with Crippen molar-refractivity contribution in [3.8, 4) is 0 Å². The molecule has 43 heavy (non-hydrogen) atoms. The zero-order valence-electron chi connectivity index (χ0n) is 25.0. The average Bonchev–Trinajstić information content (AvgIpc) is 3.29. The molecule has 1 unspecified atom stereocenters. The first kappa shape index (κ1) is 29.7. The summed E-state index contributed by atoms with van der Waals surface area (Å²) in [4.78, 5) is 49.4. The van der Waals surface area contributed by atoms with Crippen LogP contribution < -0.4 is 4.90 Å². The van der Waals surface area contributed by atoms with Crippen LogP contribution in [0.3, 0.4) is 0 Å². The van der Waals surface area contributed by atoms with E-state index in [0.717, 1.165) is 30.5 Å². The molecule has 0 bridgehead atoms. The van der Waals surface area contributed by atoms with E-state index in [1.165, 1.54) is 0 Å². The van der Waals surface area contributed by atoms with E-state index in [9.17, 15) is 19.5 Å². The minimum absolute atomic E-state index is 0.0904. The number of carbonyl (C=O) groups excluding carboxylic acids is 3. The molecule has 4 heterocycles. The predicted octanol–water partition coefficient (Wildman–Crippen LogP) is 4.47. The normalized spacial score (nSPS) is 30.6. The summed E-state index contributed by atoms with van der Waals surface area (Å²) in [5.41, 5.74) is 1.77. The van der Waals surface area contributed by atoms with E-state index < -0.39 is 33.4 Å². The topological polar surface area (TPSA) is 81.2 Å². The molecule has 6 rings (SSSR count). The average molecular weight is 600 g/mol. The smallest absolute Gasteiger partial charge is 0.247 e. The summed E-state index contributed by atoms with van der Waals surface area (Å²) in [5.74, 6) is -1.82. The van der Waals surface area contributed by atoms with Crippen LogP contribution in [0.4, 0.5) is 5.69 Å². The lowest BCUT2D eigenvalue weighted by Crippen LogP contribution is -2.57. The van der Waals surface area contributed by atoms with Gasteiger partial charge < -0.3 is 19.8 Å². The summed E-state index contributed by atoms with van der Waals surface area (Å²) in [6.45, 7) is 5.42. The molecule has 0 saturated carbocycles. The van der Waals surface area contributed by atoms with Gasteiger partial charge in [0.1, 0.15) is 6.04 Å². The fourth-order valence-corrected chi connectivity index (χ4v) is 9.78. The van der Waals surface area contributed by atoms with E-state index in [1.807, 2.05) is 84.6 Å². The van der Waals surface area contributed by atoms with Gasteiger partial charge in [0.2, 0.25) is 17.7 Å². The van der Waals surface area contributed by atoms with Gasteiger partial charge in [0, 0.05) is 30.1 Å². The third-order valence-corrected chi connectivity index (χ3v) is 11.4. The molecule has 2 aromatic rings. The van der Waals surface area contributed by atoms with Crippen LogP contribution in [0.2, 0.25) is 0 Å². The summed E-state index contributed by atoms with van der Waals surface area (Å²) in [6.07, 6.45) is 11.6. The molecule has 2 fully saturated rings. The highest BCUT2D eigenvalue weighted by molar-refractivity contribution is 8.02. The lowest BCUT2D eigenvalue weighted by molar-refractivity contribution is -0.145. The number of likely N-dealkylation sites (tertiary alicyclic amines) is 1. The molecular formula is C35H41N3O4S. The summed E-state index contributed by atoms with van der Waals surface area (Å²) in [5, 5.41) is 10.8. The number of aliphatic hydroxyl groups is 1. The molecule has 226 valence electrons. The van der Waals surface area contributed by atoms with E-state index in [-0.39, 0.29) is 24.3 Å². The maximum atomic E-state index is 14.9. The molecule has 1 N–H and O–H groups in total. The fourth-order valence-electron chi connectivity index (χ4n) is 7.63. The number of fused-ring (bicyclic) bond motifs is 2. The molecule has 8 heteroatoms. The van der Waals surface area contributed by atoms with Crippen LogP contribution in [-0.4, -0.2) is 80.4 Å². The lowest BCUT2D eigenvalue weighted by Gasteiger charge is -2.40. The molecule has 0 radical (unpaired) electrons. The molecule has 6 atom stereocenters. The zero-order valence-corrected chi connectivity index (χ0v) is 25.8. The number of hydrogen-bond donors (Lipinski definition) is 1. The van der Waals surface area contributed by atoms with Crippen molar-refractivity contribution in [2.45, 2.75) is 61.1 Å². The minimum atomic E-state index is -0.934. The first-order chi connectivity index (χ1) is 20.8. The van der Waals surface area contributed by atoms with Gasteiger partial charge in [-0.25, -0.2) is 0 Å². The van der Waals surface area contributed by atoms with Crippen LogP contribution in [0.15, 0.2) is 85.0 Å². The van der Waals surface area contributed by atoms with Crippen molar-refractivity contribution < 1.29 is 19.5 Å². The second-order valence-corrected chi connectivity index (χ2v) is 14.1. The Kier molecular flexibility index (Phi) is 8.26. The molecule has 2 saturated heterocycles. The van der Waals surface area contributed by atoms with Crippen molar-refractivity contribution in [1.29, 1.82) is 0 Å². The molecule has 0 aromatic heterocycles. The first-order valence-corrected chi connectivity index (χ1v) is 16.3. The van der Waals surface area contributed by atoms with E-state index >= 15 is 0 Å². The van der Waals surface area contributed by atoms with E-state index in [4.69, 9.17) is 0 Å². The molecule has 7 nitrogen and oxygen atoms in total. The number of amides is 3. The van der Waals surface area contributed by atoms with Gasteiger partial charge in [0.25, 0.3) is 0 Å². The first-order valence-electron chi connectivity index (χ1n) is 15.5. The van der Waals surface area contributed by atoms with E-state index in [0.29, 0.717) is 26.1 Å². The van der Waals surface area contributed by atoms with Crippen LogP contribution in [0.1, 0.15) is 38.7 Å². The van der Waals surface area contributed by atoms with Gasteiger partial charge in [-0.3, -0.25) is 14.4 Å². The largest absolute Gasteiger partial charge is 0.394 e. The number of rotatable bonds is 9. The third-order valence-electron chi connectivity index (χ3n) is 9.60. The number of carbonyl (C=O) groups is 3. The summed E-state index contributed by atoms with van der Waals surface area (Å²) in [6, 6.07) is 18.0. The van der Waals surface area contributed by atoms with Gasteiger partial charge in [0.15, 0.2) is 0 Å². The standard InChI is InChI=1S/C35H41N3O4S/c1-3-4-11-20-36-21-13-19-35-29(28-31(40)37(26-16-9-6-10-17-26)22-12-18-34(28,2)43-35)32(41)38(30(35)33(36)42)27(24-39)23-25-14-7-5-8-15-25/h5-10,12-19,27-30,39H,3-4,11,20-24H2,1-2H3/t27-,28+,29+,30?,34-,35+/m1/s1. The van der Waals surface area contributed by atoms with Crippen LogP contribution >= 0.6 is 11.8 Å². The van der Waals surface area contributed by atoms with Crippen molar-refractivity contribution in [2.24, 2.45) is 11.8 Å². The Labute approximate surface area is 258 Å². The highest BCUT2D eigenvalue weighted by Crippen LogP contribution is 2.66. The predicted molar refractivity (Wildman–Crippen MR) is 171 cm³/mol. The highest BCUT2D eigenvalue weighted by atomic mass is 32.2. The highest BCUT2D eigenvalue weighted by Gasteiger charge is 2.74. The quantitative estimate of drug-likeness (QED) is 0.340. The van der Waals surface area contributed by atoms with Crippen molar-refractivity contribution in [2.75, 3.05) is 31.1 Å². The monoisotopic (exact) mass is 599 g/mol. The van der Waals surface area contributed by atoms with Crippen molar-refractivity contribution in [3.63, 3.8) is 0 Å². The Morgan fingerprint density at radius 3 is 2.28 bits per heavy atom. The van der Waals surface area contributed by atoms with Gasteiger partial charge in [-0.15, -0.1) is 11.8 Å². The second kappa shape index (κ2) is 12.0. The Balaban J connectivity index is 1.45. The van der Waals surface area contributed by atoms with E-state index in [1.54, 1.807) is 21.6 Å². The Morgan fingerprint density at radius 2 is 1.58 bits per heavy atom. The molecule has 3 amide bonds. The number of para-hydroxylation sites is 1. The summed E-state index contributed by atoms with van der Waals surface area (Å²) < 4.78 is -1.61. The zero-order chi connectivity index (χ0) is 30.2. The molecule has 1 spiro atoms. The van der Waals surface area contributed by atoms with Crippen LogP contribution in [0.25, 0.3) is 0 Å². The molecule has 0 aliphatic carbocycles. The maximum Gasteiger partial charge on any atom is 0.247 e. The number of aliphatic hydroxyl groups excluding tert-OH is 1. The van der Waals surface area contributed by atoms with Gasteiger partial charge >= 0.3 is 0 Å². The second-order valence-electron chi connectivity index (χ2n) is 12.3. The van der Waals surface area contributed by atoms with Crippen molar-refractivity contribution >= 4 is 35.2 Å². The van der Waals surface area contributed by atoms with Gasteiger partial charge in [-0.05, 0) is 37.5 Å². The Morgan fingerprint density at radius 1 is 0.884 bits per heavy atom. The van der Waals surface area contributed by atoms with E-state index in [2.05, 4.69) is 19.1 Å². The summed E-state index contributed by atoms with van der Waals surface area (Å²) in [7, 11) is 0. The number of nitrogens with zero attached hydrogens (tertiary/aromatic N) is 3. The molecule has 4 aliphatic rings. The number of thioether (sulfide) groups is 1. The molecule has 4 aliphatic heterocycles. The van der Waals surface area contributed by atoms with Crippen LogP contribution in [0, 0.1) is 11.8 Å². The maximum absolute atomic E-state index is 14.9. The van der Waals surface area contributed by atoms with Gasteiger partial charge in [-0.2, -0.15) is 0 Å². The lowest BCUT2D eigenvalue weighted by atomic mass is 9.74. The molecule has 2 aromatic carbocycles. The number of hydrogen-bond acceptors (Lipinski definition) is 5. The van der Waals surface area contributed by atoms with Crippen molar-refractivity contribution in [1.82, 2.24) is 9.80 Å². The van der Waals surface area contributed by atoms with Crippen LogP contribution in [-0.2, 0) is 20.8 Å². The van der Waals surface area contributed by atoms with Gasteiger partial charge in [0.05, 0.1) is 29.2 Å². The fraction of sp³-hybridized carbons (Fsp3) is 0.457. The Hall–Kier alpha value is -3.36. The summed E-state index contributed by atoms with van der Waals surface area (Å²) >= 11 is 1.59. The molecular weight excluding hydrogens is 558 g/mol. The van der Waals surface area contributed by atoms with Gasteiger partial charge in [-0.1, -0.05) is 92.6 Å². The third kappa shape index (κ3) is 5.02. The SMILES string of the molecule is CCCCCN1CC=C[C@]23S[C@]4(C)C=CCN(c5ccccc5)C(=O)[C@@H]4[C@H]2C(=O)N([C@@H](CO)Cc2ccccc2)C3C1=O. The Bertz CT molecular complexity index is 1410.